The van der Waals surface area contributed by atoms with Gasteiger partial charge in [0.25, 0.3) is 5.91 Å². The van der Waals surface area contributed by atoms with Gasteiger partial charge in [0.15, 0.2) is 0 Å². The van der Waals surface area contributed by atoms with E-state index in [-0.39, 0.29) is 5.91 Å². The molecule has 3 rings (SSSR count). The third-order valence-corrected chi connectivity index (χ3v) is 5.03. The summed E-state index contributed by atoms with van der Waals surface area (Å²) in [6.07, 6.45) is 2.18. The van der Waals surface area contributed by atoms with Crippen LogP contribution in [0, 0.1) is 19.8 Å². The van der Waals surface area contributed by atoms with E-state index in [1.165, 1.54) is 16.7 Å². The van der Waals surface area contributed by atoms with Crippen molar-refractivity contribution in [1.29, 1.82) is 0 Å². The molecule has 1 atom stereocenters. The topological polar surface area (TPSA) is 29.5 Å². The van der Waals surface area contributed by atoms with E-state index in [0.29, 0.717) is 19.1 Å². The predicted octanol–water partition coefficient (Wildman–Crippen LogP) is 4.37. The number of carbonyl (C=O) groups excluding carboxylic acids is 1. The summed E-state index contributed by atoms with van der Waals surface area (Å²) in [6, 6.07) is 16.2. The van der Waals surface area contributed by atoms with Crippen LogP contribution in [0.2, 0.25) is 0 Å². The van der Waals surface area contributed by atoms with Gasteiger partial charge in [-0.1, -0.05) is 36.4 Å². The lowest BCUT2D eigenvalue weighted by Gasteiger charge is -2.33. The van der Waals surface area contributed by atoms with Crippen LogP contribution in [0.3, 0.4) is 0 Å². The number of rotatable bonds is 5. The normalized spacial score (nSPS) is 17.5. The molecule has 1 fully saturated rings. The molecule has 1 aliphatic heterocycles. The van der Waals surface area contributed by atoms with Crippen molar-refractivity contribution in [2.75, 3.05) is 19.7 Å². The molecule has 0 N–H and O–H groups in total. The first-order valence-electron chi connectivity index (χ1n) is 9.11. The van der Waals surface area contributed by atoms with Gasteiger partial charge in [0.2, 0.25) is 0 Å². The summed E-state index contributed by atoms with van der Waals surface area (Å²) in [5, 5.41) is 0. The van der Waals surface area contributed by atoms with Crippen molar-refractivity contribution < 1.29 is 9.53 Å². The SMILES string of the molecule is Cc1ccc(C(=O)N2CCCC(COCc3ccccc3)C2)cc1C. The van der Waals surface area contributed by atoms with Crippen molar-refractivity contribution >= 4 is 5.91 Å². The first kappa shape index (κ1) is 17.7. The number of hydrogen-bond acceptors (Lipinski definition) is 2. The van der Waals surface area contributed by atoms with Crippen LogP contribution in [0.5, 0.6) is 0 Å². The van der Waals surface area contributed by atoms with Crippen molar-refractivity contribution in [2.45, 2.75) is 33.3 Å². The molecule has 1 aliphatic rings. The second-order valence-corrected chi connectivity index (χ2v) is 7.06. The summed E-state index contributed by atoms with van der Waals surface area (Å²) in [5.41, 5.74) is 4.39. The lowest BCUT2D eigenvalue weighted by molar-refractivity contribution is 0.0425. The first-order valence-corrected chi connectivity index (χ1v) is 9.11. The molecule has 0 aromatic heterocycles. The molecule has 3 nitrogen and oxygen atoms in total. The largest absolute Gasteiger partial charge is 0.376 e. The molecule has 1 heterocycles. The van der Waals surface area contributed by atoms with Crippen molar-refractivity contribution in [1.82, 2.24) is 4.90 Å². The molecule has 0 bridgehead atoms. The van der Waals surface area contributed by atoms with Crippen LogP contribution in [0.25, 0.3) is 0 Å². The van der Waals surface area contributed by atoms with Gasteiger partial charge in [-0.3, -0.25) is 4.79 Å². The number of amides is 1. The fraction of sp³-hybridized carbons (Fsp3) is 0.409. The molecular formula is C22H27NO2. The molecule has 25 heavy (non-hydrogen) atoms. The zero-order chi connectivity index (χ0) is 17.6. The van der Waals surface area contributed by atoms with Gasteiger partial charge < -0.3 is 9.64 Å². The van der Waals surface area contributed by atoms with Gasteiger partial charge in [-0.05, 0) is 61.4 Å². The minimum atomic E-state index is 0.149. The van der Waals surface area contributed by atoms with Crippen LogP contribution < -0.4 is 0 Å². The average Bonchev–Trinajstić information content (AvgIpc) is 2.64. The summed E-state index contributed by atoms with van der Waals surface area (Å²) >= 11 is 0. The van der Waals surface area contributed by atoms with E-state index in [2.05, 4.69) is 26.0 Å². The maximum atomic E-state index is 12.8. The minimum absolute atomic E-state index is 0.149. The van der Waals surface area contributed by atoms with Crippen molar-refractivity contribution in [3.63, 3.8) is 0 Å². The summed E-state index contributed by atoms with van der Waals surface area (Å²) in [7, 11) is 0. The second-order valence-electron chi connectivity index (χ2n) is 7.06. The van der Waals surface area contributed by atoms with Gasteiger partial charge in [0, 0.05) is 18.7 Å². The van der Waals surface area contributed by atoms with Crippen molar-refractivity contribution in [2.24, 2.45) is 5.92 Å². The zero-order valence-electron chi connectivity index (χ0n) is 15.2. The number of hydrogen-bond donors (Lipinski definition) is 0. The molecule has 3 heteroatoms. The molecule has 132 valence electrons. The number of benzene rings is 2. The monoisotopic (exact) mass is 337 g/mol. The van der Waals surface area contributed by atoms with Crippen LogP contribution in [0.15, 0.2) is 48.5 Å². The smallest absolute Gasteiger partial charge is 0.253 e. The number of aryl methyl sites for hydroxylation is 2. The Morgan fingerprint density at radius 1 is 1.12 bits per heavy atom. The number of nitrogens with zero attached hydrogens (tertiary/aromatic N) is 1. The van der Waals surface area contributed by atoms with Gasteiger partial charge in [-0.15, -0.1) is 0 Å². The highest BCUT2D eigenvalue weighted by molar-refractivity contribution is 5.94. The second kappa shape index (κ2) is 8.30. The molecule has 0 radical (unpaired) electrons. The third kappa shape index (κ3) is 4.70. The van der Waals surface area contributed by atoms with Gasteiger partial charge in [0.05, 0.1) is 13.2 Å². The predicted molar refractivity (Wildman–Crippen MR) is 101 cm³/mol. The molecule has 0 saturated carbocycles. The van der Waals surface area contributed by atoms with E-state index in [1.54, 1.807) is 0 Å². The Kier molecular flexibility index (Phi) is 5.87. The van der Waals surface area contributed by atoms with Crippen LogP contribution >= 0.6 is 0 Å². The summed E-state index contributed by atoms with van der Waals surface area (Å²) in [4.78, 5) is 14.8. The molecular weight excluding hydrogens is 310 g/mol. The standard InChI is InChI=1S/C22H27NO2/c1-17-10-11-21(13-18(17)2)22(24)23-12-6-9-20(14-23)16-25-15-19-7-4-3-5-8-19/h3-5,7-8,10-11,13,20H,6,9,12,14-16H2,1-2H3. The quantitative estimate of drug-likeness (QED) is 0.811. The highest BCUT2D eigenvalue weighted by Crippen LogP contribution is 2.20. The lowest BCUT2D eigenvalue weighted by atomic mass is 9.97. The minimum Gasteiger partial charge on any atom is -0.376 e. The Morgan fingerprint density at radius 3 is 2.68 bits per heavy atom. The van der Waals surface area contributed by atoms with Crippen molar-refractivity contribution in [3.8, 4) is 0 Å². The summed E-state index contributed by atoms with van der Waals surface area (Å²) < 4.78 is 5.89. The van der Waals surface area contributed by atoms with E-state index in [4.69, 9.17) is 4.74 Å². The fourth-order valence-corrected chi connectivity index (χ4v) is 3.36. The van der Waals surface area contributed by atoms with Crippen LogP contribution in [0.4, 0.5) is 0 Å². The molecule has 1 saturated heterocycles. The number of ether oxygens (including phenoxy) is 1. The third-order valence-electron chi connectivity index (χ3n) is 5.03. The highest BCUT2D eigenvalue weighted by atomic mass is 16.5. The fourth-order valence-electron chi connectivity index (χ4n) is 3.36. The Bertz CT molecular complexity index is 711. The molecule has 2 aromatic rings. The van der Waals surface area contributed by atoms with Crippen LogP contribution in [-0.4, -0.2) is 30.5 Å². The number of piperidine rings is 1. The molecule has 2 aromatic carbocycles. The van der Waals surface area contributed by atoms with Crippen LogP contribution in [0.1, 0.15) is 39.9 Å². The van der Waals surface area contributed by atoms with E-state index < -0.39 is 0 Å². The molecule has 0 spiro atoms. The lowest BCUT2D eigenvalue weighted by Crippen LogP contribution is -2.41. The Labute approximate surface area is 150 Å². The van der Waals surface area contributed by atoms with E-state index in [0.717, 1.165) is 31.5 Å². The first-order chi connectivity index (χ1) is 12.1. The van der Waals surface area contributed by atoms with E-state index in [1.807, 2.05) is 41.3 Å². The number of likely N-dealkylation sites (tertiary alicyclic amines) is 1. The van der Waals surface area contributed by atoms with E-state index >= 15 is 0 Å². The maximum absolute atomic E-state index is 12.8. The van der Waals surface area contributed by atoms with Crippen LogP contribution in [-0.2, 0) is 11.3 Å². The van der Waals surface area contributed by atoms with Crippen molar-refractivity contribution in [3.05, 3.63) is 70.8 Å². The highest BCUT2D eigenvalue weighted by Gasteiger charge is 2.24. The van der Waals surface area contributed by atoms with Gasteiger partial charge >= 0.3 is 0 Å². The molecule has 1 amide bonds. The molecule has 1 unspecified atom stereocenters. The zero-order valence-corrected chi connectivity index (χ0v) is 15.2. The van der Waals surface area contributed by atoms with Gasteiger partial charge in [-0.25, -0.2) is 0 Å². The Morgan fingerprint density at radius 2 is 1.92 bits per heavy atom. The Balaban J connectivity index is 1.53. The maximum Gasteiger partial charge on any atom is 0.253 e. The van der Waals surface area contributed by atoms with E-state index in [9.17, 15) is 4.79 Å². The average molecular weight is 337 g/mol. The van der Waals surface area contributed by atoms with Gasteiger partial charge in [0.1, 0.15) is 0 Å². The van der Waals surface area contributed by atoms with Gasteiger partial charge in [-0.2, -0.15) is 0 Å². The summed E-state index contributed by atoms with van der Waals surface area (Å²) in [6.45, 7) is 7.13. The molecule has 0 aliphatic carbocycles. The summed E-state index contributed by atoms with van der Waals surface area (Å²) in [5.74, 6) is 0.573. The number of carbonyl (C=O) groups is 1. The Hall–Kier alpha value is -2.13.